The van der Waals surface area contributed by atoms with Gasteiger partial charge in [-0.2, -0.15) is 0 Å². The second kappa shape index (κ2) is 9.79. The molecule has 3 heterocycles. The highest BCUT2D eigenvalue weighted by molar-refractivity contribution is 7.80. The molecule has 7 nitrogen and oxygen atoms in total. The van der Waals surface area contributed by atoms with Gasteiger partial charge in [-0.25, -0.2) is 4.39 Å². The Morgan fingerprint density at radius 3 is 2.64 bits per heavy atom. The van der Waals surface area contributed by atoms with Crippen LogP contribution in [0.3, 0.4) is 0 Å². The lowest BCUT2D eigenvalue weighted by molar-refractivity contribution is -0.114. The van der Waals surface area contributed by atoms with Gasteiger partial charge in [0.15, 0.2) is 5.11 Å². The van der Waals surface area contributed by atoms with Crippen LogP contribution in [0.4, 0.5) is 15.8 Å². The van der Waals surface area contributed by atoms with Crippen LogP contribution in [-0.4, -0.2) is 23.1 Å². The fourth-order valence-electron chi connectivity index (χ4n) is 4.34. The summed E-state index contributed by atoms with van der Waals surface area (Å²) in [6.07, 6.45) is 1.73. The lowest BCUT2D eigenvalue weighted by Gasteiger charge is -2.27. The zero-order chi connectivity index (χ0) is 25.2. The number of furan rings is 1. The third kappa shape index (κ3) is 4.52. The number of methoxy groups -OCH3 is 1. The smallest absolute Gasteiger partial charge is 0.221 e. The molecule has 182 valence electrons. The van der Waals surface area contributed by atoms with Crippen LogP contribution in [-0.2, 0) is 4.79 Å². The van der Waals surface area contributed by atoms with Crippen molar-refractivity contribution in [2.75, 3.05) is 17.3 Å². The molecule has 2 aromatic heterocycles. The number of aromatic nitrogens is 1. The zero-order valence-electron chi connectivity index (χ0n) is 19.6. The number of hydrogen-bond donors (Lipinski definition) is 2. The standard InChI is InChI=1S/C27H23FN4O3S/c1-16(33)30-21-15-19(10-11-23(21)34-2)32-26(25(31-27(32)36)20-5-3-4-14-29-20)24-13-12-22(35-24)17-6-8-18(28)9-7-17/h3-15,25-26H,1-2H3,(H,30,33)(H,31,36)/t25-,26-/m0/s1. The van der Waals surface area contributed by atoms with Gasteiger partial charge in [0.25, 0.3) is 0 Å². The molecule has 2 aromatic carbocycles. The van der Waals surface area contributed by atoms with Gasteiger partial charge in [0.1, 0.15) is 29.1 Å². The van der Waals surface area contributed by atoms with Crippen LogP contribution in [0.25, 0.3) is 11.3 Å². The summed E-state index contributed by atoms with van der Waals surface area (Å²) < 4.78 is 25.2. The molecule has 2 atom stereocenters. The highest BCUT2D eigenvalue weighted by Gasteiger charge is 2.42. The average molecular weight is 503 g/mol. The third-order valence-electron chi connectivity index (χ3n) is 5.92. The molecule has 0 radical (unpaired) electrons. The molecule has 1 fully saturated rings. The maximum atomic E-state index is 13.4. The molecular weight excluding hydrogens is 479 g/mol. The summed E-state index contributed by atoms with van der Waals surface area (Å²) in [7, 11) is 1.54. The SMILES string of the molecule is COc1ccc(N2C(=S)N[C@@H](c3ccccn3)[C@@H]2c2ccc(-c3ccc(F)cc3)o2)cc1NC(C)=O. The van der Waals surface area contributed by atoms with Crippen molar-refractivity contribution < 1.29 is 18.3 Å². The van der Waals surface area contributed by atoms with E-state index in [1.807, 2.05) is 47.4 Å². The van der Waals surface area contributed by atoms with E-state index in [1.165, 1.54) is 19.1 Å². The van der Waals surface area contributed by atoms with Crippen molar-refractivity contribution in [3.05, 3.63) is 96.3 Å². The fraction of sp³-hybridized carbons (Fsp3) is 0.148. The largest absolute Gasteiger partial charge is 0.495 e. The van der Waals surface area contributed by atoms with E-state index >= 15 is 0 Å². The highest BCUT2D eigenvalue weighted by Crippen LogP contribution is 2.44. The fourth-order valence-corrected chi connectivity index (χ4v) is 4.68. The van der Waals surface area contributed by atoms with Crippen molar-refractivity contribution in [2.24, 2.45) is 0 Å². The van der Waals surface area contributed by atoms with Crippen LogP contribution < -0.4 is 20.3 Å². The zero-order valence-corrected chi connectivity index (χ0v) is 20.4. The topological polar surface area (TPSA) is 79.6 Å². The first-order valence-corrected chi connectivity index (χ1v) is 11.7. The number of nitrogens with one attached hydrogen (secondary N) is 2. The Labute approximate surface area is 212 Å². The molecule has 9 heteroatoms. The van der Waals surface area contributed by atoms with E-state index in [0.29, 0.717) is 28.1 Å². The van der Waals surface area contributed by atoms with Gasteiger partial charge >= 0.3 is 0 Å². The van der Waals surface area contributed by atoms with E-state index in [1.54, 1.807) is 31.5 Å². The Balaban J connectivity index is 1.60. The molecule has 4 aromatic rings. The van der Waals surface area contributed by atoms with E-state index in [4.69, 9.17) is 21.4 Å². The van der Waals surface area contributed by atoms with E-state index in [0.717, 1.165) is 16.9 Å². The van der Waals surface area contributed by atoms with E-state index in [9.17, 15) is 9.18 Å². The molecule has 0 saturated carbocycles. The number of carbonyl (C=O) groups excluding carboxylic acids is 1. The van der Waals surface area contributed by atoms with Crippen molar-refractivity contribution in [1.29, 1.82) is 0 Å². The first kappa shape index (κ1) is 23.5. The molecule has 2 N–H and O–H groups in total. The molecule has 0 spiro atoms. The van der Waals surface area contributed by atoms with Crippen molar-refractivity contribution in [1.82, 2.24) is 10.3 Å². The predicted octanol–water partition coefficient (Wildman–Crippen LogP) is 5.62. The molecule has 36 heavy (non-hydrogen) atoms. The summed E-state index contributed by atoms with van der Waals surface area (Å²) in [5.74, 6) is 1.25. The molecule has 0 bridgehead atoms. The van der Waals surface area contributed by atoms with E-state index < -0.39 is 0 Å². The Morgan fingerprint density at radius 2 is 1.94 bits per heavy atom. The van der Waals surface area contributed by atoms with Crippen LogP contribution in [0.1, 0.15) is 30.5 Å². The number of halogens is 1. The van der Waals surface area contributed by atoms with Crippen molar-refractivity contribution in [3.8, 4) is 17.1 Å². The average Bonchev–Trinajstić information content (AvgIpc) is 3.49. The maximum Gasteiger partial charge on any atom is 0.221 e. The number of anilines is 2. The van der Waals surface area contributed by atoms with Crippen LogP contribution in [0, 0.1) is 5.82 Å². The van der Waals surface area contributed by atoms with Crippen molar-refractivity contribution >= 4 is 34.6 Å². The van der Waals surface area contributed by atoms with Gasteiger partial charge in [-0.1, -0.05) is 6.07 Å². The van der Waals surface area contributed by atoms with Crippen LogP contribution in [0.5, 0.6) is 5.75 Å². The molecule has 1 aliphatic heterocycles. The summed E-state index contributed by atoms with van der Waals surface area (Å²) in [6.45, 7) is 1.44. The number of ether oxygens (including phenoxy) is 1. The van der Waals surface area contributed by atoms with Gasteiger partial charge in [-0.15, -0.1) is 0 Å². The molecule has 1 aliphatic rings. The molecular formula is C27H23FN4O3S. The lowest BCUT2D eigenvalue weighted by atomic mass is 10.0. The van der Waals surface area contributed by atoms with E-state index in [2.05, 4.69) is 15.6 Å². The summed E-state index contributed by atoms with van der Waals surface area (Å²) >= 11 is 5.77. The molecule has 1 saturated heterocycles. The normalized spacial score (nSPS) is 17.1. The predicted molar refractivity (Wildman–Crippen MR) is 139 cm³/mol. The number of benzene rings is 2. The Bertz CT molecular complexity index is 1410. The number of nitrogens with zero attached hydrogens (tertiary/aromatic N) is 2. The number of thiocarbonyl (C=S) groups is 1. The van der Waals surface area contributed by atoms with Crippen molar-refractivity contribution in [2.45, 2.75) is 19.0 Å². The third-order valence-corrected chi connectivity index (χ3v) is 6.23. The van der Waals surface area contributed by atoms with E-state index in [-0.39, 0.29) is 23.8 Å². The van der Waals surface area contributed by atoms with Gasteiger partial charge < -0.3 is 24.7 Å². The number of hydrogen-bond acceptors (Lipinski definition) is 5. The summed E-state index contributed by atoms with van der Waals surface area (Å²) in [4.78, 5) is 18.3. The minimum Gasteiger partial charge on any atom is -0.495 e. The van der Waals surface area contributed by atoms with Crippen LogP contribution in [0.15, 0.2) is 83.4 Å². The summed E-state index contributed by atoms with van der Waals surface area (Å²) in [6, 6.07) is 20.3. The van der Waals surface area contributed by atoms with Crippen LogP contribution in [0.2, 0.25) is 0 Å². The second-order valence-corrected chi connectivity index (χ2v) is 8.66. The molecule has 0 unspecified atom stereocenters. The molecule has 5 rings (SSSR count). The number of pyridine rings is 1. The highest BCUT2D eigenvalue weighted by atomic mass is 32.1. The monoisotopic (exact) mass is 502 g/mol. The quantitative estimate of drug-likeness (QED) is 0.331. The van der Waals surface area contributed by atoms with Gasteiger partial charge in [0.2, 0.25) is 5.91 Å². The lowest BCUT2D eigenvalue weighted by Crippen LogP contribution is -2.29. The van der Waals surface area contributed by atoms with Gasteiger partial charge in [0.05, 0.1) is 24.5 Å². The summed E-state index contributed by atoms with van der Waals surface area (Å²) in [5, 5.41) is 6.67. The molecule has 0 aliphatic carbocycles. The van der Waals surface area contributed by atoms with Crippen molar-refractivity contribution in [3.63, 3.8) is 0 Å². The summed E-state index contributed by atoms with van der Waals surface area (Å²) in [5.41, 5.74) is 2.81. The molecule has 1 amide bonds. The number of rotatable bonds is 6. The Hall–Kier alpha value is -4.24. The minimum atomic E-state index is -0.389. The number of carbonyl (C=O) groups is 1. The first-order valence-electron chi connectivity index (χ1n) is 11.3. The van der Waals surface area contributed by atoms with Gasteiger partial charge in [-0.05, 0) is 78.9 Å². The van der Waals surface area contributed by atoms with Crippen LogP contribution >= 0.6 is 12.2 Å². The maximum absolute atomic E-state index is 13.4. The minimum absolute atomic E-state index is 0.217. The second-order valence-electron chi connectivity index (χ2n) is 8.27. The van der Waals surface area contributed by atoms with Gasteiger partial charge in [0, 0.05) is 24.4 Å². The van der Waals surface area contributed by atoms with Gasteiger partial charge in [-0.3, -0.25) is 9.78 Å². The number of amides is 1. The Kier molecular flexibility index (Phi) is 6.39. The first-order chi connectivity index (χ1) is 17.4. The Morgan fingerprint density at radius 1 is 1.14 bits per heavy atom.